The van der Waals surface area contributed by atoms with E-state index in [-0.39, 0.29) is 11.0 Å². The molecule has 0 saturated carbocycles. The molecule has 0 bridgehead atoms. The first kappa shape index (κ1) is 7.79. The monoisotopic (exact) mass is 176 g/mol. The molecule has 0 fully saturated rings. The van der Waals surface area contributed by atoms with Crippen LogP contribution in [0, 0.1) is 0 Å². The molecular weight excluding hydrogens is 168 g/mol. The van der Waals surface area contributed by atoms with Crippen molar-refractivity contribution >= 4 is 11.0 Å². The van der Waals surface area contributed by atoms with Crippen LogP contribution in [0.3, 0.4) is 0 Å². The van der Waals surface area contributed by atoms with Crippen LogP contribution < -0.4 is 11.0 Å². The number of pyridine rings is 2. The van der Waals surface area contributed by atoms with Gasteiger partial charge in [-0.3, -0.25) is 14.2 Å². The van der Waals surface area contributed by atoms with Crippen molar-refractivity contribution in [3.05, 3.63) is 45.0 Å². The molecule has 4 nitrogen and oxygen atoms in total. The van der Waals surface area contributed by atoms with Gasteiger partial charge >= 0.3 is 0 Å². The first-order valence-electron chi connectivity index (χ1n) is 3.87. The Morgan fingerprint density at radius 3 is 2.77 bits per heavy atom. The molecule has 0 aliphatic heterocycles. The summed E-state index contributed by atoms with van der Waals surface area (Å²) in [7, 11) is 1.63. The van der Waals surface area contributed by atoms with Crippen molar-refractivity contribution in [3.8, 4) is 0 Å². The standard InChI is InChI=1S/C9H8N2O2/c1-11-8(13)3-2-6-7(12)4-5-10-9(6)11/h2-5H,1H3,(H,10,12). The summed E-state index contributed by atoms with van der Waals surface area (Å²) in [6.07, 6.45) is 1.53. The van der Waals surface area contributed by atoms with Gasteiger partial charge in [0.05, 0.1) is 5.39 Å². The van der Waals surface area contributed by atoms with Gasteiger partial charge in [0.1, 0.15) is 5.65 Å². The number of nitrogens with zero attached hydrogens (tertiary/aromatic N) is 1. The van der Waals surface area contributed by atoms with Crippen molar-refractivity contribution in [2.24, 2.45) is 7.05 Å². The van der Waals surface area contributed by atoms with Gasteiger partial charge in [-0.25, -0.2) is 0 Å². The Hall–Kier alpha value is -1.84. The maximum Gasteiger partial charge on any atom is 0.251 e. The summed E-state index contributed by atoms with van der Waals surface area (Å²) in [5.41, 5.74) is 0.346. The Bertz CT molecular complexity index is 566. The number of fused-ring (bicyclic) bond motifs is 1. The van der Waals surface area contributed by atoms with Crippen molar-refractivity contribution in [1.29, 1.82) is 0 Å². The Morgan fingerprint density at radius 1 is 1.23 bits per heavy atom. The summed E-state index contributed by atoms with van der Waals surface area (Å²) < 4.78 is 1.41. The van der Waals surface area contributed by atoms with E-state index >= 15 is 0 Å². The van der Waals surface area contributed by atoms with Gasteiger partial charge in [0, 0.05) is 25.4 Å². The molecule has 1 N–H and O–H groups in total. The van der Waals surface area contributed by atoms with Gasteiger partial charge in [-0.05, 0) is 6.07 Å². The molecule has 0 spiro atoms. The van der Waals surface area contributed by atoms with E-state index in [4.69, 9.17) is 0 Å². The SMILES string of the molecule is Cn1c(=O)ccc2c(=O)cc[nH]c21. The fourth-order valence-electron chi connectivity index (χ4n) is 1.30. The lowest BCUT2D eigenvalue weighted by molar-refractivity contribution is 0.887. The van der Waals surface area contributed by atoms with Crippen LogP contribution in [0.2, 0.25) is 0 Å². The molecule has 4 heteroatoms. The number of rotatable bonds is 0. The van der Waals surface area contributed by atoms with Crippen LogP contribution in [-0.2, 0) is 7.05 Å². The Labute approximate surface area is 73.5 Å². The lowest BCUT2D eigenvalue weighted by Gasteiger charge is -2.01. The lowest BCUT2D eigenvalue weighted by Crippen LogP contribution is -2.18. The highest BCUT2D eigenvalue weighted by molar-refractivity contribution is 5.74. The first-order valence-corrected chi connectivity index (χ1v) is 3.87. The second kappa shape index (κ2) is 2.58. The van der Waals surface area contributed by atoms with Crippen LogP contribution in [0.5, 0.6) is 0 Å². The highest BCUT2D eigenvalue weighted by Gasteiger charge is 2.00. The Balaban J connectivity index is 3.12. The minimum absolute atomic E-state index is 0.0793. The van der Waals surface area contributed by atoms with Gasteiger partial charge in [0.15, 0.2) is 5.43 Å². The molecule has 2 aromatic heterocycles. The second-order valence-corrected chi connectivity index (χ2v) is 2.83. The predicted octanol–water partition coefficient (Wildman–Crippen LogP) is 0.227. The normalized spacial score (nSPS) is 10.5. The summed E-state index contributed by atoms with van der Waals surface area (Å²) >= 11 is 0. The van der Waals surface area contributed by atoms with Crippen molar-refractivity contribution in [2.45, 2.75) is 0 Å². The average Bonchev–Trinajstić information content (AvgIpc) is 2.12. The second-order valence-electron chi connectivity index (χ2n) is 2.83. The van der Waals surface area contributed by atoms with E-state index in [1.807, 2.05) is 0 Å². The molecule has 0 unspecified atom stereocenters. The molecule has 13 heavy (non-hydrogen) atoms. The third-order valence-corrected chi connectivity index (χ3v) is 2.03. The van der Waals surface area contributed by atoms with Crippen LogP contribution in [0.1, 0.15) is 0 Å². The minimum atomic E-state index is -0.130. The molecule has 2 aromatic rings. The molecule has 0 saturated heterocycles. The third kappa shape index (κ3) is 1.07. The van der Waals surface area contributed by atoms with Crippen LogP contribution in [0.4, 0.5) is 0 Å². The van der Waals surface area contributed by atoms with E-state index in [0.29, 0.717) is 11.0 Å². The zero-order valence-electron chi connectivity index (χ0n) is 7.07. The maximum absolute atomic E-state index is 11.3. The predicted molar refractivity (Wildman–Crippen MR) is 49.8 cm³/mol. The molecule has 0 aliphatic rings. The average molecular weight is 176 g/mol. The smallest absolute Gasteiger partial charge is 0.251 e. The van der Waals surface area contributed by atoms with E-state index in [0.717, 1.165) is 0 Å². The quantitative estimate of drug-likeness (QED) is 0.624. The summed E-state index contributed by atoms with van der Waals surface area (Å²) in [5, 5.41) is 0.532. The molecule has 0 aromatic carbocycles. The van der Waals surface area contributed by atoms with E-state index in [1.54, 1.807) is 7.05 Å². The fourth-order valence-corrected chi connectivity index (χ4v) is 1.30. The summed E-state index contributed by atoms with van der Waals surface area (Å²) in [6.45, 7) is 0. The van der Waals surface area contributed by atoms with Gasteiger partial charge in [0.25, 0.3) is 5.56 Å². The van der Waals surface area contributed by atoms with Gasteiger partial charge in [0.2, 0.25) is 0 Å². The largest absolute Gasteiger partial charge is 0.347 e. The molecule has 0 atom stereocenters. The highest BCUT2D eigenvalue weighted by Crippen LogP contribution is 2.00. The number of nitrogens with one attached hydrogen (secondary N) is 1. The van der Waals surface area contributed by atoms with Crippen LogP contribution >= 0.6 is 0 Å². The maximum atomic E-state index is 11.3. The molecule has 0 radical (unpaired) electrons. The van der Waals surface area contributed by atoms with E-state index < -0.39 is 0 Å². The molecule has 66 valence electrons. The zero-order valence-corrected chi connectivity index (χ0v) is 7.07. The van der Waals surface area contributed by atoms with Gasteiger partial charge in [-0.15, -0.1) is 0 Å². The van der Waals surface area contributed by atoms with E-state index in [9.17, 15) is 9.59 Å². The molecule has 0 amide bonds. The summed E-state index contributed by atoms with van der Waals surface area (Å²) in [4.78, 5) is 25.4. The van der Waals surface area contributed by atoms with E-state index in [1.165, 1.54) is 29.0 Å². The first-order chi connectivity index (χ1) is 6.20. The molecule has 0 aliphatic carbocycles. The van der Waals surface area contributed by atoms with Gasteiger partial charge < -0.3 is 4.98 Å². The molecular formula is C9H8N2O2. The number of aromatic nitrogens is 2. The van der Waals surface area contributed by atoms with Crippen molar-refractivity contribution in [1.82, 2.24) is 9.55 Å². The van der Waals surface area contributed by atoms with Crippen LogP contribution in [0.15, 0.2) is 34.0 Å². The Morgan fingerprint density at radius 2 is 2.00 bits per heavy atom. The number of aromatic amines is 1. The van der Waals surface area contributed by atoms with Crippen molar-refractivity contribution in [2.75, 3.05) is 0 Å². The Kier molecular flexibility index (Phi) is 1.55. The number of hydrogen-bond acceptors (Lipinski definition) is 2. The zero-order chi connectivity index (χ0) is 9.42. The van der Waals surface area contributed by atoms with Gasteiger partial charge in [-0.1, -0.05) is 0 Å². The fraction of sp³-hybridized carbons (Fsp3) is 0.111. The van der Waals surface area contributed by atoms with Crippen molar-refractivity contribution < 1.29 is 0 Å². The third-order valence-electron chi connectivity index (χ3n) is 2.03. The van der Waals surface area contributed by atoms with E-state index in [2.05, 4.69) is 4.98 Å². The highest BCUT2D eigenvalue weighted by atomic mass is 16.1. The number of aryl methyl sites for hydroxylation is 1. The van der Waals surface area contributed by atoms with Gasteiger partial charge in [-0.2, -0.15) is 0 Å². The topological polar surface area (TPSA) is 54.9 Å². The summed E-state index contributed by atoms with van der Waals surface area (Å²) in [5.74, 6) is 0. The molecule has 2 rings (SSSR count). The number of H-pyrrole nitrogens is 1. The summed E-state index contributed by atoms with van der Waals surface area (Å²) in [6, 6.07) is 4.36. The van der Waals surface area contributed by atoms with Crippen LogP contribution in [0.25, 0.3) is 11.0 Å². The molecule has 2 heterocycles. The number of hydrogen-bond donors (Lipinski definition) is 1. The minimum Gasteiger partial charge on any atom is -0.347 e. The van der Waals surface area contributed by atoms with Crippen molar-refractivity contribution in [3.63, 3.8) is 0 Å². The lowest BCUT2D eigenvalue weighted by atomic mass is 10.3. The van der Waals surface area contributed by atoms with Crippen LogP contribution in [-0.4, -0.2) is 9.55 Å².